The van der Waals surface area contributed by atoms with E-state index in [4.69, 9.17) is 0 Å². The Morgan fingerprint density at radius 2 is 2.25 bits per heavy atom. The van der Waals surface area contributed by atoms with E-state index in [0.29, 0.717) is 6.54 Å². The maximum Gasteiger partial charge on any atom is 0.325 e. The molecule has 7 heteroatoms. The smallest absolute Gasteiger partial charge is 0.325 e. The van der Waals surface area contributed by atoms with Gasteiger partial charge in [0.15, 0.2) is 0 Å². The number of nitrogens with one attached hydrogen (secondary N) is 3. The van der Waals surface area contributed by atoms with Gasteiger partial charge in [-0.15, -0.1) is 0 Å². The molecule has 1 aromatic rings. The van der Waals surface area contributed by atoms with Crippen LogP contribution in [0.3, 0.4) is 0 Å². The Morgan fingerprint density at radius 1 is 1.50 bits per heavy atom. The molecule has 0 aromatic carbocycles. The van der Waals surface area contributed by atoms with Gasteiger partial charge in [-0.05, 0) is 25.4 Å². The largest absolute Gasteiger partial charge is 0.355 e. The molecule has 0 aliphatic carbocycles. The van der Waals surface area contributed by atoms with Crippen LogP contribution < -0.4 is 16.6 Å². The Hall–Kier alpha value is -1.89. The van der Waals surface area contributed by atoms with Crippen LogP contribution in [0.5, 0.6) is 0 Å². The molecule has 0 spiro atoms. The van der Waals surface area contributed by atoms with Crippen LogP contribution in [-0.4, -0.2) is 47.5 Å². The molecule has 0 unspecified atom stereocenters. The van der Waals surface area contributed by atoms with E-state index in [1.807, 2.05) is 0 Å². The van der Waals surface area contributed by atoms with Gasteiger partial charge < -0.3 is 15.2 Å². The summed E-state index contributed by atoms with van der Waals surface area (Å²) in [5.74, 6) is -0.210. The highest BCUT2D eigenvalue weighted by molar-refractivity contribution is 5.78. The van der Waals surface area contributed by atoms with Gasteiger partial charge in [-0.3, -0.25) is 14.6 Å². The first-order valence-electron chi connectivity index (χ1n) is 6.64. The average molecular weight is 280 g/mol. The highest BCUT2D eigenvalue weighted by Crippen LogP contribution is 2.27. The molecule has 1 aliphatic heterocycles. The lowest BCUT2D eigenvalue weighted by molar-refractivity contribution is -0.120. The number of aromatic amines is 2. The van der Waals surface area contributed by atoms with Gasteiger partial charge >= 0.3 is 5.69 Å². The van der Waals surface area contributed by atoms with E-state index in [-0.39, 0.29) is 23.3 Å². The summed E-state index contributed by atoms with van der Waals surface area (Å²) in [5.41, 5.74) is -0.742. The fourth-order valence-electron chi connectivity index (χ4n) is 2.53. The zero-order valence-electron chi connectivity index (χ0n) is 11.8. The summed E-state index contributed by atoms with van der Waals surface area (Å²) in [6.45, 7) is 4.72. The molecule has 0 radical (unpaired) electrons. The van der Waals surface area contributed by atoms with E-state index < -0.39 is 11.2 Å². The van der Waals surface area contributed by atoms with E-state index in [9.17, 15) is 14.4 Å². The number of nitrogens with zero attached hydrogens (tertiary/aromatic N) is 1. The van der Waals surface area contributed by atoms with Gasteiger partial charge in [-0.25, -0.2) is 4.79 Å². The van der Waals surface area contributed by atoms with Crippen molar-refractivity contribution in [2.75, 3.05) is 26.7 Å². The minimum absolute atomic E-state index is 0.0297. The monoisotopic (exact) mass is 280 g/mol. The molecule has 2 heterocycles. The molecular formula is C13H20N4O3. The molecule has 1 amide bonds. The molecule has 20 heavy (non-hydrogen) atoms. The standard InChI is InChI=1S/C13H20N4O3/c1-13(3-4-17(2)8-13)7-15-10(18)5-9-6-14-12(20)16-11(9)19/h6H,3-5,7-8H2,1-2H3,(H,15,18)(H2,14,16,19,20)/t13-/m1/s1. The molecule has 3 N–H and O–H groups in total. The van der Waals surface area contributed by atoms with Crippen LogP contribution in [0.4, 0.5) is 0 Å². The fourth-order valence-corrected chi connectivity index (χ4v) is 2.53. The van der Waals surface area contributed by atoms with Crippen molar-refractivity contribution in [3.63, 3.8) is 0 Å². The Bertz CT molecular complexity index is 606. The lowest BCUT2D eigenvalue weighted by Crippen LogP contribution is -2.38. The van der Waals surface area contributed by atoms with Crippen molar-refractivity contribution in [1.82, 2.24) is 20.2 Å². The van der Waals surface area contributed by atoms with Crippen molar-refractivity contribution in [2.24, 2.45) is 5.41 Å². The lowest BCUT2D eigenvalue weighted by Gasteiger charge is -2.24. The van der Waals surface area contributed by atoms with Crippen molar-refractivity contribution in [3.8, 4) is 0 Å². The van der Waals surface area contributed by atoms with Crippen LogP contribution in [-0.2, 0) is 11.2 Å². The second kappa shape index (κ2) is 5.62. The van der Waals surface area contributed by atoms with Gasteiger partial charge in [0.2, 0.25) is 5.91 Å². The van der Waals surface area contributed by atoms with E-state index in [1.54, 1.807) is 0 Å². The first kappa shape index (κ1) is 14.5. The molecule has 0 bridgehead atoms. The molecule has 2 rings (SSSR count). The summed E-state index contributed by atoms with van der Waals surface area (Å²) in [6.07, 6.45) is 2.30. The second-order valence-corrected chi connectivity index (χ2v) is 5.85. The minimum Gasteiger partial charge on any atom is -0.355 e. The zero-order valence-corrected chi connectivity index (χ0v) is 11.8. The summed E-state index contributed by atoms with van der Waals surface area (Å²) in [7, 11) is 2.06. The summed E-state index contributed by atoms with van der Waals surface area (Å²) in [6, 6.07) is 0. The molecule has 7 nitrogen and oxygen atoms in total. The molecule has 110 valence electrons. The molecule has 1 atom stereocenters. The Labute approximate surface area is 116 Å². The molecule has 1 saturated heterocycles. The maximum absolute atomic E-state index is 11.9. The van der Waals surface area contributed by atoms with Crippen molar-refractivity contribution in [1.29, 1.82) is 0 Å². The van der Waals surface area contributed by atoms with Crippen molar-refractivity contribution >= 4 is 5.91 Å². The quantitative estimate of drug-likeness (QED) is 0.663. The van der Waals surface area contributed by atoms with Gasteiger partial charge in [0.05, 0.1) is 6.42 Å². The number of rotatable bonds is 4. The second-order valence-electron chi connectivity index (χ2n) is 5.85. The highest BCUT2D eigenvalue weighted by Gasteiger charge is 2.32. The fraction of sp³-hybridized carbons (Fsp3) is 0.615. The Morgan fingerprint density at radius 3 is 2.85 bits per heavy atom. The molecule has 0 saturated carbocycles. The third-order valence-electron chi connectivity index (χ3n) is 3.71. The summed E-state index contributed by atoms with van der Waals surface area (Å²) < 4.78 is 0. The normalized spacial score (nSPS) is 22.9. The van der Waals surface area contributed by atoms with Gasteiger partial charge in [-0.2, -0.15) is 0 Å². The average Bonchev–Trinajstić information content (AvgIpc) is 2.71. The number of carbonyl (C=O) groups is 1. The number of carbonyl (C=O) groups excluding carboxylic acids is 1. The van der Waals surface area contributed by atoms with Crippen LogP contribution in [0.2, 0.25) is 0 Å². The predicted molar refractivity (Wildman–Crippen MR) is 74.6 cm³/mol. The zero-order chi connectivity index (χ0) is 14.8. The molecular weight excluding hydrogens is 260 g/mol. The maximum atomic E-state index is 11.9. The summed E-state index contributed by atoms with van der Waals surface area (Å²) in [4.78, 5) is 40.9. The molecule has 1 aromatic heterocycles. The van der Waals surface area contributed by atoms with E-state index in [1.165, 1.54) is 6.20 Å². The summed E-state index contributed by atoms with van der Waals surface area (Å²) >= 11 is 0. The van der Waals surface area contributed by atoms with Gasteiger partial charge in [0, 0.05) is 24.8 Å². The Kier molecular flexibility index (Phi) is 4.08. The summed E-state index contributed by atoms with van der Waals surface area (Å²) in [5, 5.41) is 2.87. The van der Waals surface area contributed by atoms with Crippen molar-refractivity contribution < 1.29 is 4.79 Å². The van der Waals surface area contributed by atoms with Gasteiger partial charge in [-0.1, -0.05) is 6.92 Å². The third kappa shape index (κ3) is 3.57. The van der Waals surface area contributed by atoms with Gasteiger partial charge in [0.1, 0.15) is 0 Å². The van der Waals surface area contributed by atoms with Crippen LogP contribution in [0.15, 0.2) is 15.8 Å². The third-order valence-corrected chi connectivity index (χ3v) is 3.71. The van der Waals surface area contributed by atoms with E-state index >= 15 is 0 Å². The van der Waals surface area contributed by atoms with Crippen LogP contribution in [0, 0.1) is 5.41 Å². The number of amides is 1. The van der Waals surface area contributed by atoms with E-state index in [0.717, 1.165) is 19.5 Å². The molecule has 1 fully saturated rings. The van der Waals surface area contributed by atoms with Crippen molar-refractivity contribution in [2.45, 2.75) is 19.8 Å². The number of likely N-dealkylation sites (tertiary alicyclic amines) is 1. The van der Waals surface area contributed by atoms with Crippen LogP contribution in [0.1, 0.15) is 18.9 Å². The minimum atomic E-state index is -0.569. The van der Waals surface area contributed by atoms with E-state index in [2.05, 4.69) is 34.2 Å². The van der Waals surface area contributed by atoms with Crippen LogP contribution in [0.25, 0.3) is 0 Å². The topological polar surface area (TPSA) is 98.1 Å². The molecule has 1 aliphatic rings. The predicted octanol–water partition coefficient (Wildman–Crippen LogP) is -0.936. The highest BCUT2D eigenvalue weighted by atomic mass is 16.2. The first-order valence-corrected chi connectivity index (χ1v) is 6.64. The number of aromatic nitrogens is 2. The first-order chi connectivity index (χ1) is 9.38. The van der Waals surface area contributed by atoms with Crippen molar-refractivity contribution in [3.05, 3.63) is 32.6 Å². The van der Waals surface area contributed by atoms with Gasteiger partial charge in [0.25, 0.3) is 5.56 Å². The van der Waals surface area contributed by atoms with Crippen LogP contribution >= 0.6 is 0 Å². The number of hydrogen-bond donors (Lipinski definition) is 3. The lowest BCUT2D eigenvalue weighted by atomic mass is 9.90. The SMILES string of the molecule is CN1CC[C@](C)(CNC(=O)Cc2c[nH]c(=O)[nH]c2=O)C1. The Balaban J connectivity index is 1.90. The number of hydrogen-bond acceptors (Lipinski definition) is 4. The number of H-pyrrole nitrogens is 2.